The molecule has 110 valence electrons. The van der Waals surface area contributed by atoms with Gasteiger partial charge in [0.1, 0.15) is 19.0 Å². The molecule has 4 rings (SSSR count). The molecule has 4 nitrogen and oxygen atoms in total. The van der Waals surface area contributed by atoms with Gasteiger partial charge in [-0.2, -0.15) is 0 Å². The summed E-state index contributed by atoms with van der Waals surface area (Å²) in [5.41, 5.74) is 1.26. The molecular formula is C17H19NO3. The van der Waals surface area contributed by atoms with Crippen LogP contribution in [-0.4, -0.2) is 24.2 Å². The smallest absolute Gasteiger partial charge is 0.161 e. The number of ether oxygens (including phenoxy) is 2. The van der Waals surface area contributed by atoms with E-state index in [2.05, 4.69) is 17.0 Å². The third-order valence-electron chi connectivity index (χ3n) is 3.99. The Morgan fingerprint density at radius 2 is 1.86 bits per heavy atom. The van der Waals surface area contributed by atoms with E-state index in [4.69, 9.17) is 13.9 Å². The Labute approximate surface area is 124 Å². The van der Waals surface area contributed by atoms with E-state index in [9.17, 15) is 0 Å². The lowest BCUT2D eigenvalue weighted by atomic mass is 10.1. The van der Waals surface area contributed by atoms with Crippen molar-refractivity contribution < 1.29 is 13.9 Å². The molecule has 2 aliphatic rings. The van der Waals surface area contributed by atoms with E-state index < -0.39 is 0 Å². The zero-order valence-corrected chi connectivity index (χ0v) is 12.0. The maximum atomic E-state index is 5.67. The number of hydrogen-bond donors (Lipinski definition) is 0. The van der Waals surface area contributed by atoms with Gasteiger partial charge >= 0.3 is 0 Å². The fraction of sp³-hybridized carbons (Fsp3) is 0.412. The lowest BCUT2D eigenvalue weighted by Gasteiger charge is -2.23. The monoisotopic (exact) mass is 285 g/mol. The lowest BCUT2D eigenvalue weighted by Crippen LogP contribution is -2.25. The molecule has 0 amide bonds. The van der Waals surface area contributed by atoms with Crippen LogP contribution in [0.5, 0.6) is 11.5 Å². The molecule has 0 bridgehead atoms. The van der Waals surface area contributed by atoms with E-state index in [-0.39, 0.29) is 0 Å². The standard InChI is InChI=1S/C17H19NO3/c1-2-15(19-7-1)12-18(14-4-5-14)11-13-3-6-16-17(10-13)21-9-8-20-16/h1-3,6-7,10,14H,4-5,8-9,11-12H2. The van der Waals surface area contributed by atoms with Crippen molar-refractivity contribution in [1.82, 2.24) is 4.90 Å². The van der Waals surface area contributed by atoms with Crippen LogP contribution >= 0.6 is 0 Å². The Morgan fingerprint density at radius 1 is 1.00 bits per heavy atom. The van der Waals surface area contributed by atoms with Gasteiger partial charge in [-0.05, 0) is 42.7 Å². The minimum Gasteiger partial charge on any atom is -0.486 e. The molecule has 1 aliphatic heterocycles. The molecule has 0 spiro atoms. The van der Waals surface area contributed by atoms with Crippen LogP contribution in [0, 0.1) is 0 Å². The molecule has 0 unspecified atom stereocenters. The van der Waals surface area contributed by atoms with Gasteiger partial charge < -0.3 is 13.9 Å². The lowest BCUT2D eigenvalue weighted by molar-refractivity contribution is 0.170. The number of benzene rings is 1. The van der Waals surface area contributed by atoms with Crippen LogP contribution in [0.2, 0.25) is 0 Å². The predicted molar refractivity (Wildman–Crippen MR) is 78.4 cm³/mol. The average molecular weight is 285 g/mol. The number of nitrogens with zero attached hydrogens (tertiary/aromatic N) is 1. The third-order valence-corrected chi connectivity index (χ3v) is 3.99. The molecule has 0 radical (unpaired) electrons. The van der Waals surface area contributed by atoms with E-state index in [0.717, 1.165) is 30.3 Å². The summed E-state index contributed by atoms with van der Waals surface area (Å²) >= 11 is 0. The van der Waals surface area contributed by atoms with Crippen LogP contribution < -0.4 is 9.47 Å². The van der Waals surface area contributed by atoms with Gasteiger partial charge in [-0.15, -0.1) is 0 Å². The maximum Gasteiger partial charge on any atom is 0.161 e. The van der Waals surface area contributed by atoms with Gasteiger partial charge in [0.15, 0.2) is 11.5 Å². The quantitative estimate of drug-likeness (QED) is 0.845. The molecule has 4 heteroatoms. The molecule has 1 saturated carbocycles. The average Bonchev–Trinajstić information content (AvgIpc) is 3.24. The van der Waals surface area contributed by atoms with Crippen LogP contribution in [0.4, 0.5) is 0 Å². The van der Waals surface area contributed by atoms with Crippen LogP contribution in [0.15, 0.2) is 41.0 Å². The normalized spacial score (nSPS) is 17.2. The molecule has 1 fully saturated rings. The summed E-state index contributed by atoms with van der Waals surface area (Å²) in [6.45, 7) is 3.06. The molecular weight excluding hydrogens is 266 g/mol. The van der Waals surface area contributed by atoms with Gasteiger partial charge in [-0.1, -0.05) is 6.07 Å². The van der Waals surface area contributed by atoms with E-state index in [1.54, 1.807) is 6.26 Å². The summed E-state index contributed by atoms with van der Waals surface area (Å²) in [4.78, 5) is 2.48. The van der Waals surface area contributed by atoms with Crippen molar-refractivity contribution in [3.05, 3.63) is 47.9 Å². The minimum absolute atomic E-state index is 0.634. The van der Waals surface area contributed by atoms with E-state index in [1.165, 1.54) is 18.4 Å². The van der Waals surface area contributed by atoms with Crippen LogP contribution in [-0.2, 0) is 13.1 Å². The van der Waals surface area contributed by atoms with Crippen LogP contribution in [0.1, 0.15) is 24.2 Å². The second-order valence-corrected chi connectivity index (χ2v) is 5.69. The summed E-state index contributed by atoms with van der Waals surface area (Å²) < 4.78 is 16.7. The van der Waals surface area contributed by atoms with Gasteiger partial charge in [-0.25, -0.2) is 0 Å². The summed E-state index contributed by atoms with van der Waals surface area (Å²) in [5.74, 6) is 2.75. The van der Waals surface area contributed by atoms with Gasteiger partial charge in [-0.3, -0.25) is 4.90 Å². The first-order valence-electron chi connectivity index (χ1n) is 7.53. The number of hydrogen-bond acceptors (Lipinski definition) is 4. The first-order valence-corrected chi connectivity index (χ1v) is 7.53. The van der Waals surface area contributed by atoms with Crippen molar-refractivity contribution in [2.24, 2.45) is 0 Å². The van der Waals surface area contributed by atoms with E-state index in [1.807, 2.05) is 18.2 Å². The number of fused-ring (bicyclic) bond motifs is 1. The maximum absolute atomic E-state index is 5.67. The van der Waals surface area contributed by atoms with Crippen LogP contribution in [0.3, 0.4) is 0 Å². The van der Waals surface area contributed by atoms with E-state index >= 15 is 0 Å². The molecule has 0 saturated heterocycles. The summed E-state index contributed by atoms with van der Waals surface area (Å²) in [7, 11) is 0. The summed E-state index contributed by atoms with van der Waals surface area (Å²) in [6, 6.07) is 10.9. The van der Waals surface area contributed by atoms with Crippen molar-refractivity contribution in [3.63, 3.8) is 0 Å². The van der Waals surface area contributed by atoms with Gasteiger partial charge in [0.05, 0.1) is 12.8 Å². The van der Waals surface area contributed by atoms with Crippen molar-refractivity contribution in [2.75, 3.05) is 13.2 Å². The highest BCUT2D eigenvalue weighted by atomic mass is 16.6. The molecule has 1 aromatic carbocycles. The fourth-order valence-electron chi connectivity index (χ4n) is 2.78. The van der Waals surface area contributed by atoms with Gasteiger partial charge in [0.2, 0.25) is 0 Å². The molecule has 1 aliphatic carbocycles. The minimum atomic E-state index is 0.634. The van der Waals surface area contributed by atoms with Gasteiger partial charge in [0, 0.05) is 12.6 Å². The van der Waals surface area contributed by atoms with Crippen molar-refractivity contribution in [2.45, 2.75) is 32.0 Å². The summed E-state index contributed by atoms with van der Waals surface area (Å²) in [6.07, 6.45) is 4.31. The Kier molecular flexibility index (Phi) is 3.31. The van der Waals surface area contributed by atoms with Crippen LogP contribution in [0.25, 0.3) is 0 Å². The zero-order valence-electron chi connectivity index (χ0n) is 12.0. The van der Waals surface area contributed by atoms with Gasteiger partial charge in [0.25, 0.3) is 0 Å². The molecule has 21 heavy (non-hydrogen) atoms. The topological polar surface area (TPSA) is 34.8 Å². The highest BCUT2D eigenvalue weighted by molar-refractivity contribution is 5.43. The van der Waals surface area contributed by atoms with Crippen molar-refractivity contribution in [1.29, 1.82) is 0 Å². The highest BCUT2D eigenvalue weighted by Crippen LogP contribution is 2.34. The number of rotatable bonds is 5. The molecule has 0 N–H and O–H groups in total. The zero-order chi connectivity index (χ0) is 14.1. The fourth-order valence-corrected chi connectivity index (χ4v) is 2.78. The Morgan fingerprint density at radius 3 is 2.62 bits per heavy atom. The first kappa shape index (κ1) is 12.8. The molecule has 1 aromatic heterocycles. The highest BCUT2D eigenvalue weighted by Gasteiger charge is 2.29. The first-order chi connectivity index (χ1) is 10.4. The molecule has 2 aromatic rings. The molecule has 0 atom stereocenters. The summed E-state index contributed by atoms with van der Waals surface area (Å²) in [5, 5.41) is 0. The number of furan rings is 1. The van der Waals surface area contributed by atoms with Crippen molar-refractivity contribution in [3.8, 4) is 11.5 Å². The predicted octanol–water partition coefficient (Wildman–Crippen LogP) is 3.22. The van der Waals surface area contributed by atoms with Crippen molar-refractivity contribution >= 4 is 0 Å². The second kappa shape index (κ2) is 5.45. The third kappa shape index (κ3) is 2.90. The second-order valence-electron chi connectivity index (χ2n) is 5.69. The van der Waals surface area contributed by atoms with E-state index in [0.29, 0.717) is 19.3 Å². The SMILES string of the molecule is c1coc(CN(Cc2ccc3c(c2)OCCO3)C2CC2)c1. The Bertz CT molecular complexity index is 605. The molecule has 2 heterocycles. The largest absolute Gasteiger partial charge is 0.486 e. The Hall–Kier alpha value is -1.94. The Balaban J connectivity index is 1.50.